The van der Waals surface area contributed by atoms with Crippen LogP contribution < -0.4 is 10.2 Å². The predicted molar refractivity (Wildman–Crippen MR) is 151 cm³/mol. The number of anilines is 2. The van der Waals surface area contributed by atoms with E-state index in [0.717, 1.165) is 53.1 Å². The second-order valence-electron chi connectivity index (χ2n) is 10.2. The first-order chi connectivity index (χ1) is 18.5. The number of aromatic nitrogens is 1. The highest BCUT2D eigenvalue weighted by atomic mass is 16.2. The van der Waals surface area contributed by atoms with E-state index in [2.05, 4.69) is 48.0 Å². The van der Waals surface area contributed by atoms with Gasteiger partial charge in [-0.1, -0.05) is 61.0 Å². The molecule has 0 spiro atoms. The van der Waals surface area contributed by atoms with E-state index < -0.39 is 0 Å². The van der Waals surface area contributed by atoms with E-state index in [4.69, 9.17) is 0 Å². The van der Waals surface area contributed by atoms with Crippen molar-refractivity contribution in [1.82, 2.24) is 9.47 Å². The van der Waals surface area contributed by atoms with E-state index in [1.807, 2.05) is 71.8 Å². The SMILES string of the molecule is CCc1ccc(NC(=O)N(CC(=O)N2c3ccccc3-n3cccc3C2c2cccc(C)c2)C2CC2)cc1. The number of fused-ring (bicyclic) bond motifs is 3. The molecular weight excluding hydrogens is 472 g/mol. The molecule has 1 N–H and O–H groups in total. The van der Waals surface area contributed by atoms with Crippen LogP contribution in [0.3, 0.4) is 0 Å². The summed E-state index contributed by atoms with van der Waals surface area (Å²) in [6.07, 6.45) is 4.82. The highest BCUT2D eigenvalue weighted by Crippen LogP contribution is 2.42. The van der Waals surface area contributed by atoms with Crippen LogP contribution in [-0.4, -0.2) is 34.0 Å². The molecule has 3 amide bonds. The van der Waals surface area contributed by atoms with Crippen molar-refractivity contribution in [3.63, 3.8) is 0 Å². The normalized spacial score (nSPS) is 15.9. The predicted octanol–water partition coefficient (Wildman–Crippen LogP) is 6.48. The summed E-state index contributed by atoms with van der Waals surface area (Å²) >= 11 is 0. The quantitative estimate of drug-likeness (QED) is 0.327. The molecule has 2 aliphatic rings. The third kappa shape index (κ3) is 4.47. The van der Waals surface area contributed by atoms with Crippen LogP contribution in [-0.2, 0) is 11.2 Å². The number of carbonyl (C=O) groups excluding carboxylic acids is 2. The fourth-order valence-electron chi connectivity index (χ4n) is 5.41. The van der Waals surface area contributed by atoms with Crippen molar-refractivity contribution < 1.29 is 9.59 Å². The number of aryl methyl sites for hydroxylation is 2. The standard InChI is InChI=1S/C32H32N4O2/c1-3-23-13-15-25(16-14-23)33-32(38)35(26-17-18-26)21-30(37)36-28-11-5-4-10-27(28)34-19-7-12-29(34)31(36)24-9-6-8-22(2)20-24/h4-16,19-20,26,31H,3,17-18,21H2,1-2H3,(H,33,38). The molecule has 6 heteroatoms. The number of hydrogen-bond donors (Lipinski definition) is 1. The van der Waals surface area contributed by atoms with Gasteiger partial charge in [0, 0.05) is 17.9 Å². The molecule has 38 heavy (non-hydrogen) atoms. The van der Waals surface area contributed by atoms with Gasteiger partial charge in [-0.05, 0) is 73.7 Å². The number of carbonyl (C=O) groups is 2. The van der Waals surface area contributed by atoms with Crippen LogP contribution in [0.15, 0.2) is 91.1 Å². The monoisotopic (exact) mass is 504 g/mol. The molecule has 1 aromatic heterocycles. The van der Waals surface area contributed by atoms with Crippen LogP contribution in [0.5, 0.6) is 0 Å². The fourth-order valence-corrected chi connectivity index (χ4v) is 5.41. The summed E-state index contributed by atoms with van der Waals surface area (Å²) in [7, 11) is 0. The Balaban J connectivity index is 1.34. The van der Waals surface area contributed by atoms with Crippen molar-refractivity contribution in [2.45, 2.75) is 45.2 Å². The van der Waals surface area contributed by atoms with Gasteiger partial charge in [-0.2, -0.15) is 0 Å². The minimum absolute atomic E-state index is 0.0148. The van der Waals surface area contributed by atoms with E-state index in [9.17, 15) is 9.59 Å². The number of amides is 3. The number of nitrogens with zero attached hydrogens (tertiary/aromatic N) is 3. The first-order valence-corrected chi connectivity index (χ1v) is 13.4. The van der Waals surface area contributed by atoms with Gasteiger partial charge >= 0.3 is 6.03 Å². The van der Waals surface area contributed by atoms with Crippen LogP contribution in [0.1, 0.15) is 48.2 Å². The van der Waals surface area contributed by atoms with Crippen LogP contribution >= 0.6 is 0 Å². The summed E-state index contributed by atoms with van der Waals surface area (Å²) in [6.45, 7) is 4.19. The largest absolute Gasteiger partial charge is 0.322 e. The molecule has 1 fully saturated rings. The maximum Gasteiger partial charge on any atom is 0.322 e. The van der Waals surface area contributed by atoms with Gasteiger partial charge in [0.1, 0.15) is 12.6 Å². The Hall–Kier alpha value is -4.32. The van der Waals surface area contributed by atoms with Gasteiger partial charge in [-0.15, -0.1) is 0 Å². The molecule has 0 bridgehead atoms. The number of benzene rings is 3. The van der Waals surface area contributed by atoms with E-state index in [0.29, 0.717) is 0 Å². The van der Waals surface area contributed by atoms with Crippen molar-refractivity contribution >= 4 is 23.3 Å². The minimum Gasteiger partial charge on any atom is -0.316 e. The van der Waals surface area contributed by atoms with Gasteiger partial charge in [0.15, 0.2) is 0 Å². The molecule has 192 valence electrons. The number of rotatable bonds is 6. The zero-order valence-electron chi connectivity index (χ0n) is 21.8. The summed E-state index contributed by atoms with van der Waals surface area (Å²) < 4.78 is 2.16. The highest BCUT2D eigenvalue weighted by molar-refractivity contribution is 6.01. The van der Waals surface area contributed by atoms with Crippen molar-refractivity contribution in [2.75, 3.05) is 16.8 Å². The van der Waals surface area contributed by atoms with Gasteiger partial charge in [0.05, 0.1) is 17.1 Å². The molecule has 4 aromatic rings. The Morgan fingerprint density at radius 2 is 1.68 bits per heavy atom. The Bertz CT molecular complexity index is 1490. The lowest BCUT2D eigenvalue weighted by Crippen LogP contribution is -2.48. The third-order valence-corrected chi connectivity index (χ3v) is 7.51. The smallest absolute Gasteiger partial charge is 0.316 e. The Morgan fingerprint density at radius 3 is 2.39 bits per heavy atom. The van der Waals surface area contributed by atoms with E-state index in [-0.39, 0.29) is 30.6 Å². The molecule has 1 atom stereocenters. The zero-order chi connectivity index (χ0) is 26.2. The van der Waals surface area contributed by atoms with E-state index in [1.54, 1.807) is 4.90 Å². The maximum atomic E-state index is 14.2. The van der Waals surface area contributed by atoms with Gasteiger partial charge in [0.25, 0.3) is 0 Å². The van der Waals surface area contributed by atoms with Crippen molar-refractivity contribution in [1.29, 1.82) is 0 Å². The maximum absolute atomic E-state index is 14.2. The van der Waals surface area contributed by atoms with Gasteiger partial charge < -0.3 is 14.8 Å². The molecule has 1 aliphatic heterocycles. The number of urea groups is 1. The van der Waals surface area contributed by atoms with Crippen LogP contribution in [0.2, 0.25) is 0 Å². The average Bonchev–Trinajstić information content (AvgIpc) is 3.66. The lowest BCUT2D eigenvalue weighted by atomic mass is 9.96. The second-order valence-corrected chi connectivity index (χ2v) is 10.2. The topological polar surface area (TPSA) is 57.6 Å². The molecule has 1 aliphatic carbocycles. The first kappa shape index (κ1) is 24.0. The minimum atomic E-state index is -0.294. The van der Waals surface area contributed by atoms with Crippen LogP contribution in [0, 0.1) is 6.92 Å². The van der Waals surface area contributed by atoms with Gasteiger partial charge in [0.2, 0.25) is 5.91 Å². The molecule has 0 saturated heterocycles. The molecule has 2 heterocycles. The van der Waals surface area contributed by atoms with Gasteiger partial charge in [-0.3, -0.25) is 9.69 Å². The highest BCUT2D eigenvalue weighted by Gasteiger charge is 2.40. The average molecular weight is 505 g/mol. The molecule has 1 saturated carbocycles. The molecular formula is C32H32N4O2. The molecule has 3 aromatic carbocycles. The second kappa shape index (κ2) is 9.86. The summed E-state index contributed by atoms with van der Waals surface area (Å²) in [5.74, 6) is -0.0974. The molecule has 0 radical (unpaired) electrons. The summed E-state index contributed by atoms with van der Waals surface area (Å²) in [5, 5.41) is 3.02. The molecule has 6 rings (SSSR count). The summed E-state index contributed by atoms with van der Waals surface area (Å²) in [5.41, 5.74) is 6.98. The van der Waals surface area contributed by atoms with E-state index in [1.165, 1.54) is 5.56 Å². The number of hydrogen-bond acceptors (Lipinski definition) is 2. The summed E-state index contributed by atoms with van der Waals surface area (Å²) in [6, 6.07) is 27.9. The lowest BCUT2D eigenvalue weighted by molar-refractivity contribution is -0.119. The van der Waals surface area contributed by atoms with Crippen molar-refractivity contribution in [2.24, 2.45) is 0 Å². The van der Waals surface area contributed by atoms with Gasteiger partial charge in [-0.25, -0.2) is 4.79 Å². The van der Waals surface area contributed by atoms with E-state index >= 15 is 0 Å². The third-order valence-electron chi connectivity index (χ3n) is 7.51. The fraction of sp³-hybridized carbons (Fsp3) is 0.250. The molecule has 6 nitrogen and oxygen atoms in total. The Labute approximate surface area is 223 Å². The molecule has 1 unspecified atom stereocenters. The Kier molecular flexibility index (Phi) is 6.24. The first-order valence-electron chi connectivity index (χ1n) is 13.4. The summed E-state index contributed by atoms with van der Waals surface area (Å²) in [4.78, 5) is 31.2. The Morgan fingerprint density at radius 1 is 0.921 bits per heavy atom. The van der Waals surface area contributed by atoms with Crippen molar-refractivity contribution in [3.05, 3.63) is 114 Å². The lowest BCUT2D eigenvalue weighted by Gasteiger charge is -2.39. The number of nitrogens with one attached hydrogen (secondary N) is 1. The van der Waals surface area contributed by atoms with Crippen molar-refractivity contribution in [3.8, 4) is 5.69 Å². The zero-order valence-corrected chi connectivity index (χ0v) is 21.8. The van der Waals surface area contributed by atoms with Crippen LogP contribution in [0.25, 0.3) is 5.69 Å². The number of para-hydroxylation sites is 2. The van der Waals surface area contributed by atoms with Crippen LogP contribution in [0.4, 0.5) is 16.2 Å².